The van der Waals surface area contributed by atoms with E-state index in [0.717, 1.165) is 37.0 Å². The average Bonchev–Trinajstić information content (AvgIpc) is 3.24. The molecule has 2 aliphatic carbocycles. The monoisotopic (exact) mass is 495 g/mol. The SMILES string of the molecule is CC12CC(C=N)C(=Nc3ccc(F)cc3)C=C1CCC2CC(NC(=O)c1ncccn1)c1ccccc1. The second-order valence-electron chi connectivity index (χ2n) is 10.1. The summed E-state index contributed by atoms with van der Waals surface area (Å²) in [4.78, 5) is 26.0. The van der Waals surface area contributed by atoms with Crippen LogP contribution < -0.4 is 5.32 Å². The molecule has 0 spiro atoms. The van der Waals surface area contributed by atoms with E-state index in [1.807, 2.05) is 30.3 Å². The molecule has 4 atom stereocenters. The van der Waals surface area contributed by atoms with Crippen LogP contribution in [0.25, 0.3) is 0 Å². The third-order valence-corrected chi connectivity index (χ3v) is 7.83. The Kier molecular flexibility index (Phi) is 7.04. The molecule has 1 heterocycles. The summed E-state index contributed by atoms with van der Waals surface area (Å²) in [5.41, 5.74) is 3.81. The maximum absolute atomic E-state index is 13.4. The predicted molar refractivity (Wildman–Crippen MR) is 143 cm³/mol. The maximum Gasteiger partial charge on any atom is 0.289 e. The Morgan fingerprint density at radius 3 is 2.59 bits per heavy atom. The number of hydrogen-bond acceptors (Lipinski definition) is 5. The Morgan fingerprint density at radius 2 is 1.89 bits per heavy atom. The quantitative estimate of drug-likeness (QED) is 0.379. The first-order chi connectivity index (χ1) is 18.0. The molecule has 188 valence electrons. The van der Waals surface area contributed by atoms with Crippen LogP contribution in [0.3, 0.4) is 0 Å². The molecule has 7 heteroatoms. The Labute approximate surface area is 216 Å². The van der Waals surface area contributed by atoms with Crippen molar-refractivity contribution in [1.29, 1.82) is 5.41 Å². The fraction of sp³-hybridized carbons (Fsp3) is 0.300. The van der Waals surface area contributed by atoms with Crippen LogP contribution in [0, 0.1) is 28.5 Å². The summed E-state index contributed by atoms with van der Waals surface area (Å²) >= 11 is 0. The van der Waals surface area contributed by atoms with Gasteiger partial charge in [-0.3, -0.25) is 9.79 Å². The fourth-order valence-electron chi connectivity index (χ4n) is 5.77. The van der Waals surface area contributed by atoms with Gasteiger partial charge in [0.25, 0.3) is 5.91 Å². The minimum absolute atomic E-state index is 0.106. The molecule has 1 saturated carbocycles. The molecule has 3 aromatic rings. The number of rotatable bonds is 7. The predicted octanol–water partition coefficient (Wildman–Crippen LogP) is 6.26. The van der Waals surface area contributed by atoms with Crippen LogP contribution in [-0.2, 0) is 0 Å². The Hall–Kier alpha value is -4.00. The lowest BCUT2D eigenvalue weighted by atomic mass is 9.65. The molecule has 2 aromatic carbocycles. The van der Waals surface area contributed by atoms with Crippen LogP contribution in [0.4, 0.5) is 10.1 Å². The summed E-state index contributed by atoms with van der Waals surface area (Å²) in [6.45, 7) is 2.28. The normalized spacial score (nSPS) is 24.7. The van der Waals surface area contributed by atoms with Crippen molar-refractivity contribution in [3.63, 3.8) is 0 Å². The van der Waals surface area contributed by atoms with Crippen molar-refractivity contribution in [2.75, 3.05) is 0 Å². The largest absolute Gasteiger partial charge is 0.343 e. The molecule has 1 amide bonds. The number of carbonyl (C=O) groups excluding carboxylic acids is 1. The highest BCUT2D eigenvalue weighted by molar-refractivity contribution is 6.08. The molecule has 1 fully saturated rings. The van der Waals surface area contributed by atoms with E-state index in [0.29, 0.717) is 11.6 Å². The highest BCUT2D eigenvalue weighted by Gasteiger charge is 2.47. The summed E-state index contributed by atoms with van der Waals surface area (Å²) in [6, 6.07) is 17.7. The van der Waals surface area contributed by atoms with E-state index in [4.69, 9.17) is 10.4 Å². The number of amides is 1. The maximum atomic E-state index is 13.4. The second kappa shape index (κ2) is 10.5. The van der Waals surface area contributed by atoms with E-state index in [2.05, 4.69) is 28.3 Å². The molecule has 5 rings (SSSR count). The zero-order valence-electron chi connectivity index (χ0n) is 20.8. The van der Waals surface area contributed by atoms with E-state index in [1.165, 1.54) is 23.9 Å². The van der Waals surface area contributed by atoms with Crippen LogP contribution in [0.2, 0.25) is 0 Å². The van der Waals surface area contributed by atoms with Gasteiger partial charge in [-0.15, -0.1) is 0 Å². The first kappa shape index (κ1) is 24.7. The number of aliphatic imine (C=N–C) groups is 1. The molecule has 0 saturated heterocycles. The highest BCUT2D eigenvalue weighted by Crippen LogP contribution is 2.56. The van der Waals surface area contributed by atoms with Gasteiger partial charge >= 0.3 is 0 Å². The molecule has 0 bridgehead atoms. The Morgan fingerprint density at radius 1 is 1.16 bits per heavy atom. The third-order valence-electron chi connectivity index (χ3n) is 7.83. The minimum Gasteiger partial charge on any atom is -0.343 e. The second-order valence-corrected chi connectivity index (χ2v) is 10.1. The summed E-state index contributed by atoms with van der Waals surface area (Å²) in [7, 11) is 0. The lowest BCUT2D eigenvalue weighted by Gasteiger charge is -2.40. The van der Waals surface area contributed by atoms with E-state index in [1.54, 1.807) is 30.6 Å². The van der Waals surface area contributed by atoms with Crippen molar-refractivity contribution >= 4 is 23.5 Å². The van der Waals surface area contributed by atoms with Crippen molar-refractivity contribution in [3.05, 3.63) is 102 Å². The number of nitrogens with zero attached hydrogens (tertiary/aromatic N) is 3. The lowest BCUT2D eigenvalue weighted by molar-refractivity contribution is 0.0911. The van der Waals surface area contributed by atoms with E-state index in [-0.39, 0.29) is 34.9 Å². The first-order valence-corrected chi connectivity index (χ1v) is 12.6. The third kappa shape index (κ3) is 5.26. The molecule has 1 aromatic heterocycles. The Balaban J connectivity index is 1.41. The number of benzene rings is 2. The standard InChI is InChI=1S/C30H30FN5O/c1-30-18-21(19-32)27(35-25-12-10-24(31)11-13-25)17-23(30)9-8-22(30)16-26(20-6-3-2-4-7-20)36-29(37)28-33-14-5-15-34-28/h2-7,10-15,17,19,21-22,26,32H,8-9,16,18H2,1H3,(H,36,37). The molecule has 37 heavy (non-hydrogen) atoms. The number of aromatic nitrogens is 2. The molecular formula is C30H30FN5O. The minimum atomic E-state index is -0.292. The molecular weight excluding hydrogens is 465 g/mol. The van der Waals surface area contributed by atoms with Crippen molar-refractivity contribution in [2.45, 2.75) is 38.6 Å². The summed E-state index contributed by atoms with van der Waals surface area (Å²) in [5.74, 6) is -0.231. The summed E-state index contributed by atoms with van der Waals surface area (Å²) < 4.78 is 13.4. The smallest absolute Gasteiger partial charge is 0.289 e. The van der Waals surface area contributed by atoms with Crippen LogP contribution >= 0.6 is 0 Å². The van der Waals surface area contributed by atoms with E-state index in [9.17, 15) is 9.18 Å². The van der Waals surface area contributed by atoms with Gasteiger partial charge in [0.05, 0.1) is 11.7 Å². The van der Waals surface area contributed by atoms with Crippen molar-refractivity contribution in [2.24, 2.45) is 22.2 Å². The topological polar surface area (TPSA) is 91.1 Å². The van der Waals surface area contributed by atoms with Gasteiger partial charge in [0.1, 0.15) is 5.82 Å². The summed E-state index contributed by atoms with van der Waals surface area (Å²) in [5, 5.41) is 11.3. The molecule has 2 N–H and O–H groups in total. The van der Waals surface area contributed by atoms with E-state index < -0.39 is 0 Å². The number of nitrogens with one attached hydrogen (secondary N) is 2. The number of hydrogen-bond donors (Lipinski definition) is 2. The van der Waals surface area contributed by atoms with Gasteiger partial charge in [-0.25, -0.2) is 14.4 Å². The van der Waals surface area contributed by atoms with E-state index >= 15 is 0 Å². The average molecular weight is 496 g/mol. The molecule has 0 aliphatic heterocycles. The molecule has 2 aliphatic rings. The number of carbonyl (C=O) groups is 1. The fourth-order valence-corrected chi connectivity index (χ4v) is 5.77. The molecule has 4 unspecified atom stereocenters. The van der Waals surface area contributed by atoms with Gasteiger partial charge in [-0.2, -0.15) is 0 Å². The zero-order valence-corrected chi connectivity index (χ0v) is 20.8. The zero-order chi connectivity index (χ0) is 25.8. The first-order valence-electron chi connectivity index (χ1n) is 12.6. The number of allylic oxidation sites excluding steroid dienone is 2. The van der Waals surface area contributed by atoms with Gasteiger partial charge in [0.15, 0.2) is 0 Å². The highest BCUT2D eigenvalue weighted by atomic mass is 19.1. The number of halogens is 1. The van der Waals surface area contributed by atoms with Crippen LogP contribution in [0.15, 0.2) is 89.7 Å². The van der Waals surface area contributed by atoms with Gasteiger partial charge in [0, 0.05) is 30.2 Å². The van der Waals surface area contributed by atoms with Crippen LogP contribution in [-0.4, -0.2) is 27.8 Å². The van der Waals surface area contributed by atoms with Gasteiger partial charge in [-0.05, 0) is 79.0 Å². The molecule has 6 nitrogen and oxygen atoms in total. The molecule has 0 radical (unpaired) electrons. The van der Waals surface area contributed by atoms with Gasteiger partial charge in [-0.1, -0.05) is 42.8 Å². The Bertz CT molecular complexity index is 1320. The van der Waals surface area contributed by atoms with Crippen LogP contribution in [0.1, 0.15) is 54.8 Å². The van der Waals surface area contributed by atoms with Crippen LogP contribution in [0.5, 0.6) is 0 Å². The van der Waals surface area contributed by atoms with Gasteiger partial charge in [0.2, 0.25) is 5.82 Å². The van der Waals surface area contributed by atoms with Crippen molar-refractivity contribution < 1.29 is 9.18 Å². The van der Waals surface area contributed by atoms with Gasteiger partial charge < -0.3 is 10.7 Å². The summed E-state index contributed by atoms with van der Waals surface area (Å²) in [6.07, 6.45) is 10.3. The number of fused-ring (bicyclic) bond motifs is 1. The van der Waals surface area contributed by atoms with Crippen molar-refractivity contribution in [1.82, 2.24) is 15.3 Å². The lowest BCUT2D eigenvalue weighted by Crippen LogP contribution is -2.37. The van der Waals surface area contributed by atoms with Crippen molar-refractivity contribution in [3.8, 4) is 0 Å².